The van der Waals surface area contributed by atoms with Gasteiger partial charge >= 0.3 is 0 Å². The van der Waals surface area contributed by atoms with Gasteiger partial charge in [-0.3, -0.25) is 4.79 Å². The zero-order valence-electron chi connectivity index (χ0n) is 12.0. The van der Waals surface area contributed by atoms with Gasteiger partial charge in [-0.1, -0.05) is 12.1 Å². The molecule has 5 nitrogen and oxygen atoms in total. The second-order valence-corrected chi connectivity index (χ2v) is 6.77. The number of hydrogen-bond acceptors (Lipinski definition) is 4. The van der Waals surface area contributed by atoms with Crippen LogP contribution in [0.1, 0.15) is 25.5 Å². The number of nitrogens with two attached hydrogens (primary N) is 1. The van der Waals surface area contributed by atoms with E-state index in [9.17, 15) is 13.2 Å². The molecular weight excluding hydrogens is 300 g/mol. The van der Waals surface area contributed by atoms with Crippen molar-refractivity contribution < 1.29 is 13.2 Å². The maximum absolute atomic E-state index is 11.8. The van der Waals surface area contributed by atoms with E-state index in [-0.39, 0.29) is 29.3 Å². The van der Waals surface area contributed by atoms with Crippen LogP contribution in [0.4, 0.5) is 0 Å². The highest BCUT2D eigenvalue weighted by Gasteiger charge is 2.20. The molecule has 0 aliphatic carbocycles. The number of nitrogens with zero attached hydrogens (tertiary/aromatic N) is 1. The van der Waals surface area contributed by atoms with Crippen LogP contribution in [0.2, 0.25) is 0 Å². The Morgan fingerprint density at radius 2 is 1.65 bits per heavy atom. The summed E-state index contributed by atoms with van der Waals surface area (Å²) in [4.78, 5) is 13.6. The van der Waals surface area contributed by atoms with Crippen LogP contribution >= 0.6 is 12.4 Å². The third-order valence-electron chi connectivity index (χ3n) is 3.11. The van der Waals surface area contributed by atoms with E-state index in [1.807, 2.05) is 6.92 Å². The van der Waals surface area contributed by atoms with Crippen molar-refractivity contribution in [3.8, 4) is 0 Å². The van der Waals surface area contributed by atoms with Crippen molar-refractivity contribution in [3.05, 3.63) is 29.8 Å². The van der Waals surface area contributed by atoms with Gasteiger partial charge in [0.15, 0.2) is 9.84 Å². The highest BCUT2D eigenvalue weighted by Crippen LogP contribution is 2.21. The van der Waals surface area contributed by atoms with Crippen molar-refractivity contribution in [3.63, 3.8) is 0 Å². The molecule has 7 heteroatoms. The highest BCUT2D eigenvalue weighted by molar-refractivity contribution is 7.90. The first-order chi connectivity index (χ1) is 8.64. The molecule has 1 rings (SSSR count). The standard InChI is InChI=1S/C13H20N2O3S.ClH/c1-9(14)13(16)15(3)10(2)11-5-7-12(8-6-11)19(4,17)18;/h5-10H,14H2,1-4H3;1H/t9-,10?;/m0./s1. The molecule has 1 aromatic carbocycles. The van der Waals surface area contributed by atoms with E-state index in [1.54, 1.807) is 43.1 Å². The van der Waals surface area contributed by atoms with Crippen LogP contribution in [-0.2, 0) is 14.6 Å². The summed E-state index contributed by atoms with van der Waals surface area (Å²) in [5, 5.41) is 0. The molecule has 0 spiro atoms. The van der Waals surface area contributed by atoms with E-state index in [4.69, 9.17) is 5.73 Å². The SMILES string of the molecule is CC(c1ccc(S(C)(=O)=O)cc1)N(C)C(=O)[C@H](C)N.Cl. The molecule has 0 aliphatic rings. The maximum atomic E-state index is 11.8. The Morgan fingerprint density at radius 1 is 1.20 bits per heavy atom. The summed E-state index contributed by atoms with van der Waals surface area (Å²) < 4.78 is 22.7. The van der Waals surface area contributed by atoms with Gasteiger partial charge in [-0.15, -0.1) is 12.4 Å². The van der Waals surface area contributed by atoms with Gasteiger partial charge in [0, 0.05) is 13.3 Å². The van der Waals surface area contributed by atoms with Crippen molar-refractivity contribution in [2.24, 2.45) is 5.73 Å². The molecule has 1 aromatic rings. The summed E-state index contributed by atoms with van der Waals surface area (Å²) >= 11 is 0. The predicted molar refractivity (Wildman–Crippen MR) is 81.6 cm³/mol. The quantitative estimate of drug-likeness (QED) is 0.908. The smallest absolute Gasteiger partial charge is 0.239 e. The van der Waals surface area contributed by atoms with Crippen LogP contribution in [0.15, 0.2) is 29.2 Å². The molecule has 1 unspecified atom stereocenters. The van der Waals surface area contributed by atoms with Crippen LogP contribution in [0, 0.1) is 0 Å². The molecule has 0 aromatic heterocycles. The van der Waals surface area contributed by atoms with Crippen LogP contribution in [0.5, 0.6) is 0 Å². The molecule has 0 radical (unpaired) electrons. The van der Waals surface area contributed by atoms with Gasteiger partial charge in [-0.2, -0.15) is 0 Å². The summed E-state index contributed by atoms with van der Waals surface area (Å²) in [6, 6.07) is 5.81. The number of carbonyl (C=O) groups excluding carboxylic acids is 1. The summed E-state index contributed by atoms with van der Waals surface area (Å²) in [5.74, 6) is -0.153. The molecule has 0 saturated carbocycles. The molecule has 0 saturated heterocycles. The number of benzene rings is 1. The van der Waals surface area contributed by atoms with Gasteiger partial charge < -0.3 is 10.6 Å². The normalized spacial score (nSPS) is 14.1. The topological polar surface area (TPSA) is 80.5 Å². The van der Waals surface area contributed by atoms with E-state index in [2.05, 4.69) is 0 Å². The lowest BCUT2D eigenvalue weighted by atomic mass is 10.1. The largest absolute Gasteiger partial charge is 0.338 e. The van der Waals surface area contributed by atoms with Gasteiger partial charge in [-0.05, 0) is 31.5 Å². The Morgan fingerprint density at radius 3 is 2.00 bits per heavy atom. The van der Waals surface area contributed by atoms with Gasteiger partial charge in [0.25, 0.3) is 0 Å². The number of likely N-dealkylation sites (N-methyl/N-ethyl adjacent to an activating group) is 1. The van der Waals surface area contributed by atoms with E-state index < -0.39 is 15.9 Å². The lowest BCUT2D eigenvalue weighted by Crippen LogP contribution is -2.40. The molecule has 114 valence electrons. The number of halogens is 1. The summed E-state index contributed by atoms with van der Waals surface area (Å²) in [5.41, 5.74) is 6.43. The molecule has 0 bridgehead atoms. The Bertz CT molecular complexity index is 555. The molecule has 2 atom stereocenters. The minimum absolute atomic E-state index is 0. The average molecular weight is 321 g/mol. The van der Waals surface area contributed by atoms with Crippen LogP contribution < -0.4 is 5.73 Å². The lowest BCUT2D eigenvalue weighted by molar-refractivity contribution is -0.132. The summed E-state index contributed by atoms with van der Waals surface area (Å²) in [6.45, 7) is 3.51. The monoisotopic (exact) mass is 320 g/mol. The molecule has 0 aliphatic heterocycles. The summed E-state index contributed by atoms with van der Waals surface area (Å²) in [6.07, 6.45) is 1.16. The van der Waals surface area contributed by atoms with E-state index in [0.717, 1.165) is 11.8 Å². The molecule has 1 amide bonds. The highest BCUT2D eigenvalue weighted by atomic mass is 35.5. The van der Waals surface area contributed by atoms with Crippen LogP contribution in [-0.4, -0.2) is 38.6 Å². The Hall–Kier alpha value is -1.11. The first-order valence-electron chi connectivity index (χ1n) is 5.97. The second-order valence-electron chi connectivity index (χ2n) is 4.75. The van der Waals surface area contributed by atoms with Gasteiger partial charge in [0.2, 0.25) is 5.91 Å². The molecule has 0 heterocycles. The van der Waals surface area contributed by atoms with Gasteiger partial charge in [-0.25, -0.2) is 8.42 Å². The van der Waals surface area contributed by atoms with Crippen LogP contribution in [0.3, 0.4) is 0 Å². The zero-order chi connectivity index (χ0) is 14.8. The molecule has 20 heavy (non-hydrogen) atoms. The fourth-order valence-corrected chi connectivity index (χ4v) is 2.36. The average Bonchev–Trinajstić information content (AvgIpc) is 2.35. The van der Waals surface area contributed by atoms with E-state index in [1.165, 1.54) is 0 Å². The minimum atomic E-state index is -3.20. The van der Waals surface area contributed by atoms with Crippen LogP contribution in [0.25, 0.3) is 0 Å². The Labute approximate surface area is 126 Å². The number of amides is 1. The number of rotatable bonds is 4. The molecule has 0 fully saturated rings. The first-order valence-corrected chi connectivity index (χ1v) is 7.86. The van der Waals surface area contributed by atoms with E-state index >= 15 is 0 Å². The maximum Gasteiger partial charge on any atom is 0.239 e. The van der Waals surface area contributed by atoms with Crippen molar-refractivity contribution in [1.29, 1.82) is 0 Å². The fourth-order valence-electron chi connectivity index (χ4n) is 1.73. The van der Waals surface area contributed by atoms with Crippen molar-refractivity contribution >= 4 is 28.2 Å². The van der Waals surface area contributed by atoms with E-state index in [0.29, 0.717) is 0 Å². The first kappa shape index (κ1) is 18.9. The molecule has 2 N–H and O–H groups in total. The fraction of sp³-hybridized carbons (Fsp3) is 0.462. The number of hydrogen-bond donors (Lipinski definition) is 1. The number of sulfone groups is 1. The second kappa shape index (κ2) is 7.06. The summed E-state index contributed by atoms with van der Waals surface area (Å²) in [7, 11) is -1.51. The minimum Gasteiger partial charge on any atom is -0.338 e. The third-order valence-corrected chi connectivity index (χ3v) is 4.24. The molecular formula is C13H21ClN2O3S. The van der Waals surface area contributed by atoms with Gasteiger partial charge in [0.1, 0.15) is 0 Å². The van der Waals surface area contributed by atoms with Crippen molar-refractivity contribution in [2.45, 2.75) is 30.8 Å². The van der Waals surface area contributed by atoms with Crippen molar-refractivity contribution in [2.75, 3.05) is 13.3 Å². The Balaban J connectivity index is 0.00000361. The lowest BCUT2D eigenvalue weighted by Gasteiger charge is -2.27. The predicted octanol–water partition coefficient (Wildman–Crippen LogP) is 1.38. The third kappa shape index (κ3) is 4.47. The van der Waals surface area contributed by atoms with Crippen molar-refractivity contribution in [1.82, 2.24) is 4.90 Å². The number of carbonyl (C=O) groups is 1. The Kier molecular flexibility index (Phi) is 6.67. The zero-order valence-corrected chi connectivity index (χ0v) is 13.7. The van der Waals surface area contributed by atoms with Gasteiger partial charge in [0.05, 0.1) is 17.0 Å².